The molecule has 0 radical (unpaired) electrons. The fraction of sp³-hybridized carbons (Fsp3) is 0.143. The summed E-state index contributed by atoms with van der Waals surface area (Å²) < 4.78 is 0. The monoisotopic (exact) mass is 288 g/mol. The van der Waals surface area contributed by atoms with Gasteiger partial charge in [0.25, 0.3) is 5.91 Å². The molecular formula is C14H12N2O3S. The van der Waals surface area contributed by atoms with Gasteiger partial charge < -0.3 is 10.2 Å². The van der Waals surface area contributed by atoms with Gasteiger partial charge in [-0.15, -0.1) is 0 Å². The Labute approximate surface area is 119 Å². The second kappa shape index (κ2) is 6.19. The zero-order chi connectivity index (χ0) is 14.5. The lowest BCUT2D eigenvalue weighted by atomic mass is 10.1. The summed E-state index contributed by atoms with van der Waals surface area (Å²) in [7, 11) is 0. The van der Waals surface area contributed by atoms with Crippen molar-refractivity contribution >= 4 is 22.4 Å². The summed E-state index contributed by atoms with van der Waals surface area (Å²) in [6, 6.07) is 4.71. The zero-order valence-electron chi connectivity index (χ0n) is 10.7. The number of nitrogens with one attached hydrogen (secondary N) is 1. The van der Waals surface area contributed by atoms with Gasteiger partial charge in [-0.25, -0.2) is 4.98 Å². The number of aromatic hydroxyl groups is 1. The van der Waals surface area contributed by atoms with E-state index >= 15 is 0 Å². The van der Waals surface area contributed by atoms with Crippen LogP contribution < -0.4 is 5.32 Å². The van der Waals surface area contributed by atoms with Crippen molar-refractivity contribution < 1.29 is 15.0 Å². The molecule has 1 heterocycles. The van der Waals surface area contributed by atoms with E-state index in [0.29, 0.717) is 21.1 Å². The predicted octanol–water partition coefficient (Wildman–Crippen LogP) is 1.75. The van der Waals surface area contributed by atoms with Crippen LogP contribution in [0.3, 0.4) is 0 Å². The van der Waals surface area contributed by atoms with E-state index in [2.05, 4.69) is 22.1 Å². The van der Waals surface area contributed by atoms with Crippen molar-refractivity contribution in [2.75, 3.05) is 11.9 Å². The minimum absolute atomic E-state index is 0.0753. The van der Waals surface area contributed by atoms with Crippen LogP contribution in [0, 0.1) is 18.8 Å². The molecule has 0 bridgehead atoms. The molecule has 3 N–H and O–H groups in total. The molecule has 1 aromatic heterocycles. The molecule has 2 aromatic rings. The molecule has 20 heavy (non-hydrogen) atoms. The summed E-state index contributed by atoms with van der Waals surface area (Å²) in [5.74, 6) is 4.94. The van der Waals surface area contributed by atoms with E-state index in [-0.39, 0.29) is 18.3 Å². The number of phenolic OH excluding ortho intramolecular Hbond substituents is 1. The van der Waals surface area contributed by atoms with Gasteiger partial charge in [0.15, 0.2) is 5.13 Å². The molecule has 5 nitrogen and oxygen atoms in total. The molecule has 0 fully saturated rings. The van der Waals surface area contributed by atoms with Crippen LogP contribution in [0.5, 0.6) is 5.75 Å². The van der Waals surface area contributed by atoms with Gasteiger partial charge in [0.1, 0.15) is 12.4 Å². The Morgan fingerprint density at radius 3 is 3.00 bits per heavy atom. The van der Waals surface area contributed by atoms with Crippen molar-refractivity contribution in [3.63, 3.8) is 0 Å². The van der Waals surface area contributed by atoms with Gasteiger partial charge >= 0.3 is 0 Å². The summed E-state index contributed by atoms with van der Waals surface area (Å²) in [4.78, 5) is 16.6. The number of nitrogens with zero attached hydrogens (tertiary/aromatic N) is 1. The summed E-state index contributed by atoms with van der Waals surface area (Å²) in [6.45, 7) is 1.53. The lowest BCUT2D eigenvalue weighted by Crippen LogP contribution is -2.11. The molecule has 102 valence electrons. The number of rotatable bonds is 2. The Morgan fingerprint density at radius 2 is 2.30 bits per heavy atom. The van der Waals surface area contributed by atoms with Crippen molar-refractivity contribution in [3.05, 3.63) is 40.4 Å². The quantitative estimate of drug-likeness (QED) is 0.735. The number of benzene rings is 1. The molecule has 1 aromatic carbocycles. The maximum absolute atomic E-state index is 12.0. The van der Waals surface area contributed by atoms with E-state index < -0.39 is 0 Å². The molecule has 0 saturated carbocycles. The number of carbonyl (C=O) groups is 1. The number of aryl methyl sites for hydroxylation is 1. The fourth-order valence-corrected chi connectivity index (χ4v) is 2.12. The van der Waals surface area contributed by atoms with Crippen LogP contribution in [-0.2, 0) is 0 Å². The minimum atomic E-state index is -0.351. The number of aliphatic hydroxyl groups excluding tert-OH is 1. The average Bonchev–Trinajstić information content (AvgIpc) is 2.87. The first-order valence-electron chi connectivity index (χ1n) is 5.76. The Kier molecular flexibility index (Phi) is 4.35. The third-order valence-corrected chi connectivity index (χ3v) is 3.32. The van der Waals surface area contributed by atoms with E-state index in [1.54, 1.807) is 19.1 Å². The normalized spacial score (nSPS) is 9.70. The highest BCUT2D eigenvalue weighted by atomic mass is 32.1. The first-order chi connectivity index (χ1) is 9.60. The van der Waals surface area contributed by atoms with E-state index in [4.69, 9.17) is 5.11 Å². The van der Waals surface area contributed by atoms with Gasteiger partial charge in [0.05, 0.1) is 11.1 Å². The second-order valence-electron chi connectivity index (χ2n) is 3.94. The van der Waals surface area contributed by atoms with Crippen LogP contribution in [0.15, 0.2) is 24.4 Å². The molecule has 0 saturated heterocycles. The highest BCUT2D eigenvalue weighted by Gasteiger charge is 2.10. The van der Waals surface area contributed by atoms with Crippen LogP contribution in [0.2, 0.25) is 0 Å². The maximum atomic E-state index is 12.0. The molecule has 0 atom stereocenters. The van der Waals surface area contributed by atoms with Crippen molar-refractivity contribution in [2.45, 2.75) is 6.92 Å². The van der Waals surface area contributed by atoms with E-state index in [9.17, 15) is 9.90 Å². The van der Waals surface area contributed by atoms with Crippen molar-refractivity contribution in [2.24, 2.45) is 0 Å². The number of phenols is 1. The third kappa shape index (κ3) is 3.35. The first-order valence-corrected chi connectivity index (χ1v) is 6.58. The standard InChI is InChI=1S/C14H12N2O3S/c1-9-4-5-10(7-12(9)18)13(19)16-14-15-8-11(20-14)3-2-6-17/h4-5,7-8,17-18H,6H2,1H3,(H,15,16,19). The number of aliphatic hydroxyl groups is 1. The SMILES string of the molecule is Cc1ccc(C(=O)Nc2ncc(C#CCO)s2)cc1O. The van der Waals surface area contributed by atoms with E-state index in [1.807, 2.05) is 0 Å². The van der Waals surface area contributed by atoms with Crippen LogP contribution in [0.4, 0.5) is 5.13 Å². The second-order valence-corrected chi connectivity index (χ2v) is 4.98. The Bertz CT molecular complexity index is 698. The summed E-state index contributed by atoms with van der Waals surface area (Å²) in [5.41, 5.74) is 1.06. The molecular weight excluding hydrogens is 276 g/mol. The summed E-state index contributed by atoms with van der Waals surface area (Å²) in [6.07, 6.45) is 1.52. The number of thiazole rings is 1. The highest BCUT2D eigenvalue weighted by molar-refractivity contribution is 7.16. The van der Waals surface area contributed by atoms with Crippen molar-refractivity contribution in [3.8, 4) is 17.6 Å². The van der Waals surface area contributed by atoms with Crippen LogP contribution >= 0.6 is 11.3 Å². The van der Waals surface area contributed by atoms with Gasteiger partial charge in [-0.05, 0) is 24.6 Å². The number of hydrogen-bond donors (Lipinski definition) is 3. The van der Waals surface area contributed by atoms with Gasteiger partial charge in [0.2, 0.25) is 0 Å². The van der Waals surface area contributed by atoms with Crippen molar-refractivity contribution in [1.82, 2.24) is 4.98 Å². The number of carbonyl (C=O) groups excluding carboxylic acids is 1. The number of hydrogen-bond acceptors (Lipinski definition) is 5. The van der Waals surface area contributed by atoms with Gasteiger partial charge in [-0.3, -0.25) is 10.1 Å². The van der Waals surface area contributed by atoms with Crippen molar-refractivity contribution in [1.29, 1.82) is 0 Å². The maximum Gasteiger partial charge on any atom is 0.257 e. The molecule has 0 aliphatic heterocycles. The third-order valence-electron chi connectivity index (χ3n) is 2.49. The lowest BCUT2D eigenvalue weighted by Gasteiger charge is -2.03. The molecule has 0 aliphatic carbocycles. The highest BCUT2D eigenvalue weighted by Crippen LogP contribution is 2.20. The largest absolute Gasteiger partial charge is 0.508 e. The zero-order valence-corrected chi connectivity index (χ0v) is 11.5. The van der Waals surface area contributed by atoms with Gasteiger partial charge in [-0.1, -0.05) is 29.2 Å². The molecule has 0 unspecified atom stereocenters. The fourth-order valence-electron chi connectivity index (χ4n) is 1.44. The Balaban J connectivity index is 2.11. The number of aromatic nitrogens is 1. The molecule has 0 spiro atoms. The molecule has 2 rings (SSSR count). The smallest absolute Gasteiger partial charge is 0.257 e. The molecule has 1 amide bonds. The summed E-state index contributed by atoms with van der Waals surface area (Å²) >= 11 is 1.21. The Hall–Kier alpha value is -2.36. The van der Waals surface area contributed by atoms with E-state index in [0.717, 1.165) is 0 Å². The van der Waals surface area contributed by atoms with Crippen LogP contribution in [0.1, 0.15) is 20.8 Å². The Morgan fingerprint density at radius 1 is 1.50 bits per heavy atom. The van der Waals surface area contributed by atoms with Crippen LogP contribution in [-0.4, -0.2) is 27.7 Å². The first kappa shape index (κ1) is 14.1. The molecule has 6 heteroatoms. The van der Waals surface area contributed by atoms with Crippen LogP contribution in [0.25, 0.3) is 0 Å². The number of amides is 1. The topological polar surface area (TPSA) is 82.5 Å². The van der Waals surface area contributed by atoms with Gasteiger partial charge in [-0.2, -0.15) is 0 Å². The van der Waals surface area contributed by atoms with Gasteiger partial charge in [0, 0.05) is 5.56 Å². The van der Waals surface area contributed by atoms with E-state index in [1.165, 1.54) is 23.6 Å². The number of anilines is 1. The lowest BCUT2D eigenvalue weighted by molar-refractivity contribution is 0.102. The predicted molar refractivity (Wildman–Crippen MR) is 76.9 cm³/mol. The summed E-state index contributed by atoms with van der Waals surface area (Å²) in [5, 5.41) is 21.2. The molecule has 0 aliphatic rings. The minimum Gasteiger partial charge on any atom is -0.508 e. The average molecular weight is 288 g/mol.